The summed E-state index contributed by atoms with van der Waals surface area (Å²) in [4.78, 5) is 7.39. The first-order chi connectivity index (χ1) is 13.0. The number of quaternary nitrogens is 1. The molecule has 3 heterocycles. The standard InChI is InChI=1S/C19H24N4O3S/c1-11-9-22(10-12(2)26-11)16(14-5-7-15(25-4)8-6-14)17-18(24)23-19(27-17)20-13(3)21-23/h5-8,11-12,16,24H,9-10H2,1-4H3/p+1/t11-,12+,16-/m0/s1. The van der Waals surface area contributed by atoms with Crippen LogP contribution < -0.4 is 9.64 Å². The number of benzene rings is 1. The van der Waals surface area contributed by atoms with Crippen molar-refractivity contribution in [1.82, 2.24) is 14.6 Å². The Morgan fingerprint density at radius 3 is 2.52 bits per heavy atom. The maximum Gasteiger partial charge on any atom is 0.235 e. The number of methoxy groups -OCH3 is 1. The fraction of sp³-hybridized carbons (Fsp3) is 0.474. The number of aromatic nitrogens is 3. The zero-order valence-electron chi connectivity index (χ0n) is 16.0. The zero-order chi connectivity index (χ0) is 19.1. The van der Waals surface area contributed by atoms with Gasteiger partial charge in [0.2, 0.25) is 10.8 Å². The van der Waals surface area contributed by atoms with Crippen LogP contribution in [0.15, 0.2) is 24.3 Å². The van der Waals surface area contributed by atoms with Crippen molar-refractivity contribution < 1.29 is 19.5 Å². The molecule has 1 aliphatic rings. The van der Waals surface area contributed by atoms with Crippen LogP contribution in [0.25, 0.3) is 4.96 Å². The quantitative estimate of drug-likeness (QED) is 0.709. The molecule has 7 nitrogen and oxygen atoms in total. The van der Waals surface area contributed by atoms with Crippen LogP contribution in [0, 0.1) is 6.92 Å². The van der Waals surface area contributed by atoms with E-state index in [4.69, 9.17) is 9.47 Å². The van der Waals surface area contributed by atoms with E-state index < -0.39 is 0 Å². The van der Waals surface area contributed by atoms with Crippen molar-refractivity contribution in [1.29, 1.82) is 0 Å². The minimum absolute atomic E-state index is 0.0153. The number of rotatable bonds is 4. The van der Waals surface area contributed by atoms with Crippen LogP contribution in [0.1, 0.15) is 36.2 Å². The summed E-state index contributed by atoms with van der Waals surface area (Å²) in [6, 6.07) is 8.06. The van der Waals surface area contributed by atoms with Crippen LogP contribution in [0.3, 0.4) is 0 Å². The summed E-state index contributed by atoms with van der Waals surface area (Å²) in [7, 11) is 1.66. The molecular formula is C19H25N4O3S+. The van der Waals surface area contributed by atoms with Gasteiger partial charge >= 0.3 is 0 Å². The van der Waals surface area contributed by atoms with Gasteiger partial charge in [-0.05, 0) is 45.0 Å². The average Bonchev–Trinajstić information content (AvgIpc) is 3.13. The molecule has 1 fully saturated rings. The molecule has 0 saturated carbocycles. The van der Waals surface area contributed by atoms with Crippen LogP contribution in [0.4, 0.5) is 0 Å². The summed E-state index contributed by atoms with van der Waals surface area (Å²) in [5, 5.41) is 15.2. The molecule has 8 heteroatoms. The highest BCUT2D eigenvalue weighted by molar-refractivity contribution is 7.17. The number of hydrogen-bond acceptors (Lipinski definition) is 6. The van der Waals surface area contributed by atoms with Crippen molar-refractivity contribution >= 4 is 16.3 Å². The number of ether oxygens (including phenoxy) is 2. The first-order valence-electron chi connectivity index (χ1n) is 9.15. The van der Waals surface area contributed by atoms with Gasteiger partial charge in [-0.25, -0.2) is 4.98 Å². The number of fused-ring (bicyclic) bond motifs is 1. The predicted molar refractivity (Wildman–Crippen MR) is 103 cm³/mol. The lowest BCUT2D eigenvalue weighted by Gasteiger charge is -2.37. The second-order valence-electron chi connectivity index (χ2n) is 7.17. The number of hydrogen-bond donors (Lipinski definition) is 2. The number of aromatic hydroxyl groups is 1. The van der Waals surface area contributed by atoms with Crippen molar-refractivity contribution in [2.45, 2.75) is 39.0 Å². The second kappa shape index (κ2) is 7.10. The van der Waals surface area contributed by atoms with E-state index in [1.165, 1.54) is 16.2 Å². The van der Waals surface area contributed by atoms with E-state index in [2.05, 4.69) is 36.1 Å². The normalized spacial score (nSPS) is 24.2. The summed E-state index contributed by atoms with van der Waals surface area (Å²) in [6.45, 7) is 7.77. The molecule has 4 rings (SSSR count). The van der Waals surface area contributed by atoms with Crippen LogP contribution in [0.5, 0.6) is 11.6 Å². The molecule has 4 atom stereocenters. The Kier molecular flexibility index (Phi) is 4.79. The molecule has 0 bridgehead atoms. The van der Waals surface area contributed by atoms with E-state index in [1.807, 2.05) is 19.1 Å². The lowest BCUT2D eigenvalue weighted by molar-refractivity contribution is -0.939. The molecule has 1 unspecified atom stereocenters. The predicted octanol–water partition coefficient (Wildman–Crippen LogP) is 1.59. The van der Waals surface area contributed by atoms with Gasteiger partial charge in [0.25, 0.3) is 0 Å². The molecule has 2 N–H and O–H groups in total. The highest BCUT2D eigenvalue weighted by atomic mass is 32.1. The molecule has 0 spiro atoms. The summed E-state index contributed by atoms with van der Waals surface area (Å²) in [5.74, 6) is 1.65. The van der Waals surface area contributed by atoms with Gasteiger partial charge in [-0.15, -0.1) is 5.10 Å². The summed E-state index contributed by atoms with van der Waals surface area (Å²) < 4.78 is 12.8. The summed E-state index contributed by atoms with van der Waals surface area (Å²) in [6.07, 6.45) is 0.326. The fourth-order valence-corrected chi connectivity index (χ4v) is 5.14. The lowest BCUT2D eigenvalue weighted by Crippen LogP contribution is -3.15. The molecular weight excluding hydrogens is 364 g/mol. The molecule has 0 amide bonds. The summed E-state index contributed by atoms with van der Waals surface area (Å²) in [5.41, 5.74) is 1.13. The zero-order valence-corrected chi connectivity index (χ0v) is 16.8. The van der Waals surface area contributed by atoms with Crippen LogP contribution in [0.2, 0.25) is 0 Å². The number of thiazole rings is 1. The third-order valence-corrected chi connectivity index (χ3v) is 6.07. The molecule has 27 heavy (non-hydrogen) atoms. The molecule has 144 valence electrons. The third kappa shape index (κ3) is 3.40. The van der Waals surface area contributed by atoms with Gasteiger partial charge in [-0.1, -0.05) is 11.3 Å². The van der Waals surface area contributed by atoms with E-state index in [0.29, 0.717) is 10.8 Å². The minimum Gasteiger partial charge on any atom is -0.497 e. The SMILES string of the molecule is COc1ccc([C@@H](c2sc3nc(C)nn3c2O)[NH+]2C[C@@H](C)O[C@@H](C)C2)cc1. The molecule has 1 aliphatic heterocycles. The Labute approximate surface area is 162 Å². The first-order valence-corrected chi connectivity index (χ1v) is 9.97. The van der Waals surface area contributed by atoms with Gasteiger partial charge in [0.05, 0.1) is 7.11 Å². The molecule has 0 aliphatic carbocycles. The van der Waals surface area contributed by atoms with E-state index in [1.54, 1.807) is 11.6 Å². The van der Waals surface area contributed by atoms with Crippen LogP contribution in [-0.4, -0.2) is 52.1 Å². The largest absolute Gasteiger partial charge is 0.497 e. The molecule has 1 aromatic carbocycles. The van der Waals surface area contributed by atoms with Crippen molar-refractivity contribution in [3.05, 3.63) is 40.5 Å². The molecule has 0 radical (unpaired) electrons. The van der Waals surface area contributed by atoms with E-state index >= 15 is 0 Å². The Morgan fingerprint density at radius 2 is 1.93 bits per heavy atom. The maximum atomic E-state index is 10.9. The minimum atomic E-state index is -0.0153. The first kappa shape index (κ1) is 18.2. The lowest BCUT2D eigenvalue weighted by atomic mass is 10.0. The number of nitrogens with one attached hydrogen (secondary N) is 1. The van der Waals surface area contributed by atoms with E-state index in [-0.39, 0.29) is 24.1 Å². The highest BCUT2D eigenvalue weighted by Gasteiger charge is 2.37. The number of morpholine rings is 1. The monoisotopic (exact) mass is 389 g/mol. The van der Waals surface area contributed by atoms with Crippen molar-refractivity contribution in [2.75, 3.05) is 20.2 Å². The Balaban J connectivity index is 1.80. The average molecular weight is 390 g/mol. The van der Waals surface area contributed by atoms with Crippen molar-refractivity contribution in [2.24, 2.45) is 0 Å². The van der Waals surface area contributed by atoms with Gasteiger partial charge in [-0.3, -0.25) is 0 Å². The van der Waals surface area contributed by atoms with Gasteiger partial charge in [0.1, 0.15) is 41.7 Å². The molecule has 3 aromatic rings. The fourth-order valence-electron chi connectivity index (χ4n) is 3.96. The maximum absolute atomic E-state index is 10.9. The molecule has 2 aromatic heterocycles. The van der Waals surface area contributed by atoms with E-state index in [9.17, 15) is 5.11 Å². The molecule has 1 saturated heterocycles. The number of nitrogens with zero attached hydrogens (tertiary/aromatic N) is 3. The van der Waals surface area contributed by atoms with Gasteiger partial charge < -0.3 is 19.5 Å². The highest BCUT2D eigenvalue weighted by Crippen LogP contribution is 2.35. The van der Waals surface area contributed by atoms with Gasteiger partial charge in [0, 0.05) is 5.56 Å². The van der Waals surface area contributed by atoms with Gasteiger partial charge in [0.15, 0.2) is 6.04 Å². The topological polar surface area (TPSA) is 73.3 Å². The van der Waals surface area contributed by atoms with Gasteiger partial charge in [-0.2, -0.15) is 4.52 Å². The van der Waals surface area contributed by atoms with E-state index in [0.717, 1.165) is 29.3 Å². The third-order valence-electron chi connectivity index (χ3n) is 4.99. The Morgan fingerprint density at radius 1 is 1.26 bits per heavy atom. The Bertz CT molecular complexity index is 926. The van der Waals surface area contributed by atoms with Crippen LogP contribution in [-0.2, 0) is 4.74 Å². The summed E-state index contributed by atoms with van der Waals surface area (Å²) >= 11 is 1.50. The second-order valence-corrected chi connectivity index (χ2v) is 8.18. The number of aryl methyl sites for hydroxylation is 1. The smallest absolute Gasteiger partial charge is 0.235 e. The van der Waals surface area contributed by atoms with Crippen LogP contribution >= 0.6 is 11.3 Å². The van der Waals surface area contributed by atoms with Crippen molar-refractivity contribution in [3.8, 4) is 11.6 Å². The van der Waals surface area contributed by atoms with Crippen molar-refractivity contribution in [3.63, 3.8) is 0 Å². The Hall–Kier alpha value is -2.16.